The quantitative estimate of drug-likeness (QED) is 0.925. The van der Waals surface area contributed by atoms with Gasteiger partial charge in [-0.3, -0.25) is 0 Å². The lowest BCUT2D eigenvalue weighted by Crippen LogP contribution is -2.12. The van der Waals surface area contributed by atoms with Crippen molar-refractivity contribution < 1.29 is 0 Å². The van der Waals surface area contributed by atoms with E-state index in [2.05, 4.69) is 36.8 Å². The van der Waals surface area contributed by atoms with Gasteiger partial charge in [0.05, 0.1) is 12.2 Å². The molecule has 0 fully saturated rings. The molecule has 0 aliphatic carbocycles. The molecule has 0 amide bonds. The largest absolute Gasteiger partial charge is 0.313 e. The number of nitrogens with zero attached hydrogens (tertiary/aromatic N) is 4. The molecule has 0 radical (unpaired) electrons. The van der Waals surface area contributed by atoms with Crippen molar-refractivity contribution in [2.75, 3.05) is 7.05 Å². The molecule has 0 bridgehead atoms. The highest BCUT2D eigenvalue weighted by Crippen LogP contribution is 2.19. The van der Waals surface area contributed by atoms with Gasteiger partial charge in [0.25, 0.3) is 0 Å². The minimum absolute atomic E-state index is 0.638. The second-order valence-corrected chi connectivity index (χ2v) is 4.38. The molecule has 0 saturated heterocycles. The van der Waals surface area contributed by atoms with Crippen molar-refractivity contribution in [2.45, 2.75) is 13.5 Å². The Balaban J connectivity index is 2.49. The van der Waals surface area contributed by atoms with Crippen LogP contribution in [0.2, 0.25) is 0 Å². The third kappa shape index (κ3) is 2.12. The zero-order valence-corrected chi connectivity index (χ0v) is 10.7. The molecule has 1 aromatic carbocycles. The van der Waals surface area contributed by atoms with Crippen molar-refractivity contribution in [1.82, 2.24) is 25.5 Å². The van der Waals surface area contributed by atoms with Gasteiger partial charge >= 0.3 is 0 Å². The van der Waals surface area contributed by atoms with E-state index >= 15 is 0 Å². The number of aromatic nitrogens is 4. The van der Waals surface area contributed by atoms with Gasteiger partial charge in [-0.1, -0.05) is 22.0 Å². The van der Waals surface area contributed by atoms with E-state index < -0.39 is 0 Å². The van der Waals surface area contributed by atoms with Gasteiger partial charge in [0.2, 0.25) is 0 Å². The molecule has 84 valence electrons. The van der Waals surface area contributed by atoms with E-state index in [4.69, 9.17) is 0 Å². The zero-order valence-electron chi connectivity index (χ0n) is 9.11. The molecule has 5 nitrogen and oxygen atoms in total. The number of hydrogen-bond acceptors (Lipinski definition) is 4. The highest BCUT2D eigenvalue weighted by atomic mass is 79.9. The van der Waals surface area contributed by atoms with E-state index in [0.29, 0.717) is 6.54 Å². The smallest absolute Gasteiger partial charge is 0.170 e. The Bertz CT molecular complexity index is 494. The Morgan fingerprint density at radius 3 is 3.00 bits per heavy atom. The topological polar surface area (TPSA) is 55.6 Å². The number of halogens is 1. The highest BCUT2D eigenvalue weighted by molar-refractivity contribution is 9.10. The van der Waals surface area contributed by atoms with Gasteiger partial charge in [-0.15, -0.1) is 5.10 Å². The number of hydrogen-bond donors (Lipinski definition) is 1. The maximum absolute atomic E-state index is 4.00. The highest BCUT2D eigenvalue weighted by Gasteiger charge is 2.09. The van der Waals surface area contributed by atoms with Gasteiger partial charge in [0.15, 0.2) is 5.82 Å². The first-order valence-corrected chi connectivity index (χ1v) is 5.70. The normalized spacial score (nSPS) is 10.7. The number of nitrogens with one attached hydrogen (secondary N) is 1. The van der Waals surface area contributed by atoms with Crippen molar-refractivity contribution in [1.29, 1.82) is 0 Å². The fraction of sp³-hybridized carbons (Fsp3) is 0.300. The van der Waals surface area contributed by atoms with E-state index in [1.807, 2.05) is 32.2 Å². The number of benzene rings is 1. The van der Waals surface area contributed by atoms with Crippen LogP contribution in [0.1, 0.15) is 11.4 Å². The molecule has 0 spiro atoms. The summed E-state index contributed by atoms with van der Waals surface area (Å²) < 4.78 is 2.76. The minimum atomic E-state index is 0.638. The fourth-order valence-corrected chi connectivity index (χ4v) is 1.82. The molecule has 0 atom stereocenters. The van der Waals surface area contributed by atoms with Crippen LogP contribution >= 0.6 is 15.9 Å². The summed E-state index contributed by atoms with van der Waals surface area (Å²) in [6.07, 6.45) is 0. The van der Waals surface area contributed by atoms with Crippen LogP contribution in [0.25, 0.3) is 5.69 Å². The Hall–Kier alpha value is -1.27. The van der Waals surface area contributed by atoms with Crippen LogP contribution in [0, 0.1) is 6.92 Å². The molecule has 0 aliphatic rings. The minimum Gasteiger partial charge on any atom is -0.313 e. The second-order valence-electron chi connectivity index (χ2n) is 3.47. The first-order valence-electron chi connectivity index (χ1n) is 4.90. The summed E-state index contributed by atoms with van der Waals surface area (Å²) in [5.74, 6) is 0.795. The first kappa shape index (κ1) is 11.2. The van der Waals surface area contributed by atoms with E-state index in [0.717, 1.165) is 21.5 Å². The number of rotatable bonds is 3. The van der Waals surface area contributed by atoms with Crippen LogP contribution in [0.15, 0.2) is 22.7 Å². The molecule has 0 aliphatic heterocycles. The predicted octanol–water partition coefficient (Wildman–Crippen LogP) is 1.45. The molecule has 0 saturated carbocycles. The molecular formula is C10H12BrN5. The van der Waals surface area contributed by atoms with Gasteiger partial charge in [-0.2, -0.15) is 4.68 Å². The van der Waals surface area contributed by atoms with Crippen LogP contribution in [0.5, 0.6) is 0 Å². The van der Waals surface area contributed by atoms with Crippen LogP contribution in [-0.4, -0.2) is 27.3 Å². The van der Waals surface area contributed by atoms with E-state index in [-0.39, 0.29) is 0 Å². The van der Waals surface area contributed by atoms with Crippen molar-refractivity contribution in [2.24, 2.45) is 0 Å². The van der Waals surface area contributed by atoms with Crippen molar-refractivity contribution in [3.8, 4) is 5.69 Å². The van der Waals surface area contributed by atoms with E-state index in [1.165, 1.54) is 0 Å². The van der Waals surface area contributed by atoms with E-state index in [9.17, 15) is 0 Å². The number of tetrazole rings is 1. The summed E-state index contributed by atoms with van der Waals surface area (Å²) in [4.78, 5) is 0. The molecule has 6 heteroatoms. The maximum Gasteiger partial charge on any atom is 0.170 e. The van der Waals surface area contributed by atoms with Crippen LogP contribution in [-0.2, 0) is 6.54 Å². The average molecular weight is 282 g/mol. The summed E-state index contributed by atoms with van der Waals surface area (Å²) >= 11 is 3.45. The molecule has 1 N–H and O–H groups in total. The maximum atomic E-state index is 4.00. The summed E-state index contributed by atoms with van der Waals surface area (Å²) in [6, 6.07) is 6.04. The Labute approximate surface area is 102 Å². The molecule has 16 heavy (non-hydrogen) atoms. The zero-order chi connectivity index (χ0) is 11.5. The summed E-state index contributed by atoms with van der Waals surface area (Å²) in [5.41, 5.74) is 2.12. The van der Waals surface area contributed by atoms with Gasteiger partial charge in [-0.05, 0) is 42.1 Å². The monoisotopic (exact) mass is 281 g/mol. The van der Waals surface area contributed by atoms with Crippen LogP contribution in [0.4, 0.5) is 0 Å². The summed E-state index contributed by atoms with van der Waals surface area (Å²) in [5, 5.41) is 14.7. The van der Waals surface area contributed by atoms with Gasteiger partial charge < -0.3 is 5.32 Å². The lowest BCUT2D eigenvalue weighted by Gasteiger charge is -2.07. The van der Waals surface area contributed by atoms with Gasteiger partial charge in [0, 0.05) is 4.47 Å². The van der Waals surface area contributed by atoms with Crippen LogP contribution < -0.4 is 5.32 Å². The molecule has 1 heterocycles. The fourth-order valence-electron chi connectivity index (χ4n) is 1.47. The molecule has 2 rings (SSSR count). The predicted molar refractivity (Wildman–Crippen MR) is 64.4 cm³/mol. The van der Waals surface area contributed by atoms with Gasteiger partial charge in [0.1, 0.15) is 0 Å². The SMILES string of the molecule is CNCc1nnnn1-c1cc(Br)ccc1C. The summed E-state index contributed by atoms with van der Waals surface area (Å²) in [7, 11) is 1.87. The Morgan fingerprint density at radius 2 is 2.25 bits per heavy atom. The van der Waals surface area contributed by atoms with Crippen molar-refractivity contribution in [3.63, 3.8) is 0 Å². The van der Waals surface area contributed by atoms with Crippen LogP contribution in [0.3, 0.4) is 0 Å². The van der Waals surface area contributed by atoms with Crippen molar-refractivity contribution in [3.05, 3.63) is 34.1 Å². The Kier molecular flexibility index (Phi) is 3.31. The molecular weight excluding hydrogens is 270 g/mol. The van der Waals surface area contributed by atoms with Crippen molar-refractivity contribution >= 4 is 15.9 Å². The standard InChI is InChI=1S/C10H12BrN5/c1-7-3-4-8(11)5-9(7)16-10(6-12-2)13-14-15-16/h3-5,12H,6H2,1-2H3. The van der Waals surface area contributed by atoms with E-state index in [1.54, 1.807) is 4.68 Å². The third-order valence-electron chi connectivity index (χ3n) is 2.27. The van der Waals surface area contributed by atoms with Gasteiger partial charge in [-0.25, -0.2) is 0 Å². The summed E-state index contributed by atoms with van der Waals surface area (Å²) in [6.45, 7) is 2.67. The first-order chi connectivity index (χ1) is 7.72. The third-order valence-corrected chi connectivity index (χ3v) is 2.76. The molecule has 1 aromatic heterocycles. The lowest BCUT2D eigenvalue weighted by atomic mass is 10.2. The molecule has 2 aromatic rings. The number of aryl methyl sites for hydroxylation is 1. The second kappa shape index (κ2) is 4.71. The lowest BCUT2D eigenvalue weighted by molar-refractivity contribution is 0.706. The molecule has 0 unspecified atom stereocenters. The average Bonchev–Trinajstić information content (AvgIpc) is 2.70. The Morgan fingerprint density at radius 1 is 1.44 bits per heavy atom.